The van der Waals surface area contributed by atoms with E-state index in [9.17, 15) is 4.39 Å². The molecule has 3 nitrogen and oxygen atoms in total. The Morgan fingerprint density at radius 1 is 0.818 bits per heavy atom. The number of nitrogens with zero attached hydrogens (tertiary/aromatic N) is 2. The predicted octanol–water partition coefficient (Wildman–Crippen LogP) is 4.43. The summed E-state index contributed by atoms with van der Waals surface area (Å²) >= 11 is 0. The number of rotatable bonds is 2. The number of aromatic amines is 1. The number of hydrogen-bond donors (Lipinski definition) is 1. The molecule has 0 aliphatic rings. The molecule has 0 saturated carbocycles. The average Bonchev–Trinajstić information content (AvgIpc) is 2.99. The second kappa shape index (κ2) is 5.07. The van der Waals surface area contributed by atoms with Crippen LogP contribution in [0.1, 0.15) is 0 Å². The van der Waals surface area contributed by atoms with E-state index in [1.54, 1.807) is 6.07 Å². The number of halogens is 1. The molecule has 4 aromatic rings. The summed E-state index contributed by atoms with van der Waals surface area (Å²) in [5.74, 6) is 0.336. The number of benzene rings is 2. The van der Waals surface area contributed by atoms with E-state index < -0.39 is 0 Å². The molecule has 0 unspecified atom stereocenters. The Bertz CT molecular complexity index is 945. The lowest BCUT2D eigenvalue weighted by atomic mass is 10.1. The Hall–Kier alpha value is -3.01. The van der Waals surface area contributed by atoms with E-state index in [1.807, 2.05) is 48.7 Å². The summed E-state index contributed by atoms with van der Waals surface area (Å²) in [4.78, 5) is 12.1. The Morgan fingerprint density at radius 3 is 2.45 bits per heavy atom. The molecule has 0 atom stereocenters. The number of hydrogen-bond acceptors (Lipinski definition) is 2. The zero-order chi connectivity index (χ0) is 14.9. The Kier molecular flexibility index (Phi) is 2.93. The van der Waals surface area contributed by atoms with Crippen LogP contribution < -0.4 is 0 Å². The second-order valence-electron chi connectivity index (χ2n) is 5.05. The first-order chi connectivity index (χ1) is 10.8. The van der Waals surface area contributed by atoms with Gasteiger partial charge >= 0.3 is 0 Å². The fourth-order valence-electron chi connectivity index (χ4n) is 2.46. The van der Waals surface area contributed by atoms with Gasteiger partial charge in [-0.15, -0.1) is 0 Å². The third-order valence-electron chi connectivity index (χ3n) is 3.54. The molecule has 106 valence electrons. The third-order valence-corrected chi connectivity index (χ3v) is 3.54. The van der Waals surface area contributed by atoms with Crippen LogP contribution in [0.15, 0.2) is 66.9 Å². The largest absolute Gasteiger partial charge is 0.323 e. The summed E-state index contributed by atoms with van der Waals surface area (Å²) in [5, 5.41) is 0. The average molecular weight is 289 g/mol. The lowest BCUT2D eigenvalue weighted by Crippen LogP contribution is -1.81. The Morgan fingerprint density at radius 2 is 1.64 bits per heavy atom. The molecule has 0 saturated heterocycles. The van der Waals surface area contributed by atoms with Crippen molar-refractivity contribution in [3.05, 3.63) is 72.7 Å². The van der Waals surface area contributed by atoms with E-state index in [0.29, 0.717) is 17.0 Å². The second-order valence-corrected chi connectivity index (χ2v) is 5.05. The van der Waals surface area contributed by atoms with Gasteiger partial charge in [0.15, 0.2) is 5.65 Å². The molecule has 0 fully saturated rings. The molecule has 2 aromatic heterocycles. The van der Waals surface area contributed by atoms with E-state index >= 15 is 0 Å². The number of H-pyrrole nitrogens is 1. The van der Waals surface area contributed by atoms with Gasteiger partial charge in [0.25, 0.3) is 0 Å². The van der Waals surface area contributed by atoms with Crippen LogP contribution in [-0.2, 0) is 0 Å². The molecular weight excluding hydrogens is 277 g/mol. The van der Waals surface area contributed by atoms with Crippen molar-refractivity contribution in [3.63, 3.8) is 0 Å². The maximum atomic E-state index is 13.3. The molecule has 0 aliphatic carbocycles. The van der Waals surface area contributed by atoms with Crippen LogP contribution in [0.25, 0.3) is 33.7 Å². The minimum Gasteiger partial charge on any atom is -0.323 e. The summed E-state index contributed by atoms with van der Waals surface area (Å²) in [6.07, 6.45) is 1.81. The van der Waals surface area contributed by atoms with Crippen LogP contribution in [-0.4, -0.2) is 15.0 Å². The van der Waals surface area contributed by atoms with Crippen molar-refractivity contribution in [2.24, 2.45) is 0 Å². The third kappa shape index (κ3) is 2.24. The number of pyridine rings is 1. The normalized spacial score (nSPS) is 11.0. The lowest BCUT2D eigenvalue weighted by molar-refractivity contribution is 0.628. The van der Waals surface area contributed by atoms with Crippen LogP contribution in [0, 0.1) is 5.82 Å². The smallest absolute Gasteiger partial charge is 0.157 e. The van der Waals surface area contributed by atoms with Crippen molar-refractivity contribution >= 4 is 11.2 Å². The molecule has 0 spiro atoms. The maximum Gasteiger partial charge on any atom is 0.157 e. The van der Waals surface area contributed by atoms with Crippen molar-refractivity contribution in [2.45, 2.75) is 0 Å². The van der Waals surface area contributed by atoms with Crippen LogP contribution >= 0.6 is 0 Å². The van der Waals surface area contributed by atoms with Crippen molar-refractivity contribution < 1.29 is 4.39 Å². The molecule has 2 aromatic carbocycles. The highest BCUT2D eigenvalue weighted by molar-refractivity contribution is 5.80. The summed E-state index contributed by atoms with van der Waals surface area (Å²) in [5.41, 5.74) is 4.26. The van der Waals surface area contributed by atoms with Crippen LogP contribution in [0.4, 0.5) is 4.39 Å². The van der Waals surface area contributed by atoms with Gasteiger partial charge in [-0.05, 0) is 23.8 Å². The summed E-state index contributed by atoms with van der Waals surface area (Å²) in [6, 6.07) is 18.4. The summed E-state index contributed by atoms with van der Waals surface area (Å²) in [7, 11) is 0. The van der Waals surface area contributed by atoms with E-state index in [2.05, 4.69) is 15.0 Å². The van der Waals surface area contributed by atoms with Gasteiger partial charge in [0.2, 0.25) is 0 Å². The van der Waals surface area contributed by atoms with Crippen molar-refractivity contribution in [1.29, 1.82) is 0 Å². The molecule has 1 N–H and O–H groups in total. The summed E-state index contributed by atoms with van der Waals surface area (Å²) < 4.78 is 13.3. The van der Waals surface area contributed by atoms with Crippen LogP contribution in [0.3, 0.4) is 0 Å². The van der Waals surface area contributed by atoms with Gasteiger partial charge in [-0.25, -0.2) is 14.4 Å². The monoisotopic (exact) mass is 289 g/mol. The summed E-state index contributed by atoms with van der Waals surface area (Å²) in [6.45, 7) is 0. The molecular formula is C18H12FN3. The van der Waals surface area contributed by atoms with E-state index in [4.69, 9.17) is 0 Å². The molecule has 0 aliphatic heterocycles. The number of nitrogens with one attached hydrogen (secondary N) is 1. The van der Waals surface area contributed by atoms with Gasteiger partial charge in [0.1, 0.15) is 17.2 Å². The van der Waals surface area contributed by atoms with Gasteiger partial charge in [-0.3, -0.25) is 0 Å². The fraction of sp³-hybridized carbons (Fsp3) is 0. The van der Waals surface area contributed by atoms with E-state index in [0.717, 1.165) is 16.6 Å². The zero-order valence-corrected chi connectivity index (χ0v) is 11.6. The van der Waals surface area contributed by atoms with Gasteiger partial charge in [0, 0.05) is 17.3 Å². The molecule has 22 heavy (non-hydrogen) atoms. The van der Waals surface area contributed by atoms with Gasteiger partial charge in [-0.2, -0.15) is 0 Å². The minimum atomic E-state index is -0.282. The topological polar surface area (TPSA) is 41.6 Å². The van der Waals surface area contributed by atoms with Crippen LogP contribution in [0.5, 0.6) is 0 Å². The molecule has 4 heteroatoms. The highest BCUT2D eigenvalue weighted by Crippen LogP contribution is 2.24. The first-order valence-corrected chi connectivity index (χ1v) is 6.97. The number of imidazole rings is 1. The van der Waals surface area contributed by atoms with Crippen molar-refractivity contribution in [1.82, 2.24) is 15.0 Å². The lowest BCUT2D eigenvalue weighted by Gasteiger charge is -1.99. The van der Waals surface area contributed by atoms with Crippen LogP contribution in [0.2, 0.25) is 0 Å². The molecule has 0 amide bonds. The fourth-order valence-corrected chi connectivity index (χ4v) is 2.46. The van der Waals surface area contributed by atoms with E-state index in [1.165, 1.54) is 12.1 Å². The van der Waals surface area contributed by atoms with Gasteiger partial charge < -0.3 is 4.98 Å². The highest BCUT2D eigenvalue weighted by atomic mass is 19.1. The van der Waals surface area contributed by atoms with E-state index in [-0.39, 0.29) is 5.82 Å². The first kappa shape index (κ1) is 12.7. The van der Waals surface area contributed by atoms with Gasteiger partial charge in [-0.1, -0.05) is 42.5 Å². The molecule has 0 radical (unpaired) electrons. The molecule has 0 bridgehead atoms. The first-order valence-electron chi connectivity index (χ1n) is 6.97. The Labute approximate surface area is 126 Å². The van der Waals surface area contributed by atoms with Crippen molar-refractivity contribution in [2.75, 3.05) is 0 Å². The molecule has 4 rings (SSSR count). The number of fused-ring (bicyclic) bond motifs is 1. The van der Waals surface area contributed by atoms with Crippen molar-refractivity contribution in [3.8, 4) is 22.5 Å². The SMILES string of the molecule is Fc1cccc(-c2nc3cc(-c4ccccc4)cnc3[nH]2)c1. The quantitative estimate of drug-likeness (QED) is 0.593. The zero-order valence-electron chi connectivity index (χ0n) is 11.6. The maximum absolute atomic E-state index is 13.3. The predicted molar refractivity (Wildman–Crippen MR) is 84.7 cm³/mol. The minimum absolute atomic E-state index is 0.282. The Balaban J connectivity index is 1.82. The number of aromatic nitrogens is 3. The molecule has 2 heterocycles. The standard InChI is InChI=1S/C18H12FN3/c19-15-8-4-7-13(9-15)17-21-16-10-14(11-20-18(16)22-17)12-5-2-1-3-6-12/h1-11H,(H,20,21,22). The highest BCUT2D eigenvalue weighted by Gasteiger charge is 2.08. The van der Waals surface area contributed by atoms with Gasteiger partial charge in [0.05, 0.1) is 0 Å².